The molecule has 3 heterocycles. The van der Waals surface area contributed by atoms with Gasteiger partial charge in [0.2, 0.25) is 0 Å². The Morgan fingerprint density at radius 1 is 1.42 bits per heavy atom. The van der Waals surface area contributed by atoms with Gasteiger partial charge in [-0.25, -0.2) is 4.79 Å². The monoisotopic (exact) mass is 337 g/mol. The first-order valence-corrected chi connectivity index (χ1v) is 8.82. The number of aliphatic hydroxyl groups is 1. The summed E-state index contributed by atoms with van der Waals surface area (Å²) in [5.74, 6) is 1.02. The van der Waals surface area contributed by atoms with E-state index in [2.05, 4.69) is 10.1 Å². The minimum Gasteiger partial charge on any atom is -0.450 e. The molecule has 0 spiro atoms. The molecule has 0 saturated carbocycles. The van der Waals surface area contributed by atoms with Gasteiger partial charge in [0, 0.05) is 50.6 Å². The number of rotatable bonds is 4. The Morgan fingerprint density at radius 2 is 2.17 bits per heavy atom. The molecule has 0 unspecified atom stereocenters. The van der Waals surface area contributed by atoms with Gasteiger partial charge >= 0.3 is 6.09 Å². The van der Waals surface area contributed by atoms with Gasteiger partial charge in [-0.15, -0.1) is 0 Å². The molecule has 24 heavy (non-hydrogen) atoms. The summed E-state index contributed by atoms with van der Waals surface area (Å²) >= 11 is 0. The van der Waals surface area contributed by atoms with Crippen molar-refractivity contribution >= 4 is 6.09 Å². The zero-order valence-corrected chi connectivity index (χ0v) is 14.5. The van der Waals surface area contributed by atoms with Gasteiger partial charge in [-0.05, 0) is 26.7 Å². The second-order valence-corrected chi connectivity index (χ2v) is 6.84. The summed E-state index contributed by atoms with van der Waals surface area (Å²) in [6.07, 6.45) is 2.04. The average molecular weight is 337 g/mol. The maximum atomic E-state index is 11.8. The van der Waals surface area contributed by atoms with Crippen molar-refractivity contribution in [1.82, 2.24) is 15.0 Å². The van der Waals surface area contributed by atoms with E-state index in [4.69, 9.17) is 9.26 Å². The fourth-order valence-corrected chi connectivity index (χ4v) is 3.78. The van der Waals surface area contributed by atoms with E-state index in [-0.39, 0.29) is 18.1 Å². The van der Waals surface area contributed by atoms with E-state index < -0.39 is 0 Å². The zero-order chi connectivity index (χ0) is 17.1. The molecule has 0 aromatic carbocycles. The molecule has 2 fully saturated rings. The number of aryl methyl sites for hydroxylation is 1. The molecule has 0 radical (unpaired) electrons. The van der Waals surface area contributed by atoms with Gasteiger partial charge < -0.3 is 19.3 Å². The zero-order valence-electron chi connectivity index (χ0n) is 14.5. The summed E-state index contributed by atoms with van der Waals surface area (Å²) in [4.78, 5) is 15.9. The molecule has 2 aliphatic heterocycles. The minimum atomic E-state index is -0.335. The lowest BCUT2D eigenvalue weighted by Gasteiger charge is -2.36. The van der Waals surface area contributed by atoms with Crippen molar-refractivity contribution in [3.05, 3.63) is 17.5 Å². The maximum Gasteiger partial charge on any atom is 0.409 e. The minimum absolute atomic E-state index is 0.181. The Kier molecular flexibility index (Phi) is 5.40. The highest BCUT2D eigenvalue weighted by Gasteiger charge is 2.37. The van der Waals surface area contributed by atoms with E-state index in [0.717, 1.165) is 50.4 Å². The summed E-state index contributed by atoms with van der Waals surface area (Å²) in [5.41, 5.74) is 0.876. The van der Waals surface area contributed by atoms with E-state index in [1.807, 2.05) is 19.9 Å². The van der Waals surface area contributed by atoms with Crippen molar-refractivity contribution in [2.45, 2.75) is 45.3 Å². The smallest absolute Gasteiger partial charge is 0.409 e. The second kappa shape index (κ2) is 7.53. The van der Waals surface area contributed by atoms with Crippen molar-refractivity contribution in [3.63, 3.8) is 0 Å². The summed E-state index contributed by atoms with van der Waals surface area (Å²) < 4.78 is 10.3. The van der Waals surface area contributed by atoms with Crippen LogP contribution < -0.4 is 0 Å². The van der Waals surface area contributed by atoms with E-state index in [1.54, 1.807) is 4.90 Å². The summed E-state index contributed by atoms with van der Waals surface area (Å²) in [6.45, 7) is 7.16. The Hall–Kier alpha value is -1.60. The molecule has 0 bridgehead atoms. The molecule has 1 aromatic rings. The third kappa shape index (κ3) is 3.89. The molecule has 1 aromatic heterocycles. The highest BCUT2D eigenvalue weighted by molar-refractivity contribution is 5.67. The average Bonchev–Trinajstić information content (AvgIpc) is 3.14. The van der Waals surface area contributed by atoms with Gasteiger partial charge in [-0.2, -0.15) is 0 Å². The largest absolute Gasteiger partial charge is 0.450 e. The summed E-state index contributed by atoms with van der Waals surface area (Å²) in [5, 5.41) is 14.3. The molecule has 7 nitrogen and oxygen atoms in total. The van der Waals surface area contributed by atoms with Crippen LogP contribution in [0.3, 0.4) is 0 Å². The molecule has 134 valence electrons. The number of likely N-dealkylation sites (tertiary alicyclic amines) is 2. The first-order valence-electron chi connectivity index (χ1n) is 8.82. The van der Waals surface area contributed by atoms with Crippen LogP contribution in [0.2, 0.25) is 0 Å². The Bertz CT molecular complexity index is 554. The van der Waals surface area contributed by atoms with Gasteiger partial charge in [0.1, 0.15) is 5.76 Å². The topological polar surface area (TPSA) is 79.0 Å². The van der Waals surface area contributed by atoms with Gasteiger partial charge in [-0.1, -0.05) is 5.16 Å². The number of piperidine rings is 1. The van der Waals surface area contributed by atoms with Crippen LogP contribution >= 0.6 is 0 Å². The normalized spacial score (nSPS) is 26.0. The number of aliphatic hydroxyl groups excluding tert-OH is 1. The number of nitrogens with zero attached hydrogens (tertiary/aromatic N) is 3. The van der Waals surface area contributed by atoms with E-state index in [0.29, 0.717) is 19.2 Å². The van der Waals surface area contributed by atoms with Crippen LogP contribution in [0.25, 0.3) is 0 Å². The molecular weight excluding hydrogens is 310 g/mol. The molecule has 1 amide bonds. The number of aromatic nitrogens is 1. The molecule has 2 atom stereocenters. The lowest BCUT2D eigenvalue weighted by Crippen LogP contribution is -2.46. The SMILES string of the molecule is CCOC(=O)N1CCC(N2C[C@@H](Cc3cc(C)no3)[C@@H](O)C2)CC1. The fraction of sp³-hybridized carbons (Fsp3) is 0.765. The van der Waals surface area contributed by atoms with Crippen molar-refractivity contribution < 1.29 is 19.2 Å². The number of β-amino-alcohol motifs (C(OH)–C–C–N with tert-alkyl or cyclic N) is 1. The fourth-order valence-electron chi connectivity index (χ4n) is 3.78. The highest BCUT2D eigenvalue weighted by Crippen LogP contribution is 2.27. The van der Waals surface area contributed by atoms with Crippen LogP contribution in [-0.4, -0.2) is 71.1 Å². The molecule has 7 heteroatoms. The van der Waals surface area contributed by atoms with Gasteiger partial charge in [-0.3, -0.25) is 4.90 Å². The molecule has 3 rings (SSSR count). The van der Waals surface area contributed by atoms with Crippen LogP contribution in [0, 0.1) is 12.8 Å². The van der Waals surface area contributed by atoms with Crippen LogP contribution in [0.1, 0.15) is 31.2 Å². The van der Waals surface area contributed by atoms with Crippen molar-refractivity contribution in [1.29, 1.82) is 0 Å². The van der Waals surface area contributed by atoms with Crippen LogP contribution in [0.4, 0.5) is 4.79 Å². The number of hydrogen-bond donors (Lipinski definition) is 1. The number of carbonyl (C=O) groups excluding carboxylic acids is 1. The van der Waals surface area contributed by atoms with Crippen LogP contribution in [0.15, 0.2) is 10.6 Å². The third-order valence-electron chi connectivity index (χ3n) is 5.08. The van der Waals surface area contributed by atoms with E-state index in [1.165, 1.54) is 0 Å². The quantitative estimate of drug-likeness (QED) is 0.896. The molecular formula is C17H27N3O4. The van der Waals surface area contributed by atoms with E-state index >= 15 is 0 Å². The number of amides is 1. The number of carbonyl (C=O) groups is 1. The van der Waals surface area contributed by atoms with Crippen LogP contribution in [-0.2, 0) is 11.2 Å². The van der Waals surface area contributed by atoms with Crippen molar-refractivity contribution in [2.24, 2.45) is 5.92 Å². The van der Waals surface area contributed by atoms with Gasteiger partial charge in [0.15, 0.2) is 0 Å². The number of hydrogen-bond acceptors (Lipinski definition) is 6. The lowest BCUT2D eigenvalue weighted by atomic mass is 10.0. The highest BCUT2D eigenvalue weighted by atomic mass is 16.6. The van der Waals surface area contributed by atoms with Gasteiger partial charge in [0.25, 0.3) is 0 Å². The number of ether oxygens (including phenoxy) is 1. The Balaban J connectivity index is 1.49. The Labute approximate surface area is 142 Å². The first-order chi connectivity index (χ1) is 11.6. The standard InChI is InChI=1S/C17H27N3O4/c1-3-23-17(22)19-6-4-14(5-7-19)20-10-13(16(21)11-20)9-15-8-12(2)18-24-15/h8,13-14,16,21H,3-7,9-11H2,1-2H3/t13-,16+/m1/s1. The van der Waals surface area contributed by atoms with Gasteiger partial charge in [0.05, 0.1) is 18.4 Å². The Morgan fingerprint density at radius 3 is 2.79 bits per heavy atom. The maximum absolute atomic E-state index is 11.8. The molecule has 0 aliphatic carbocycles. The molecule has 1 N–H and O–H groups in total. The lowest BCUT2D eigenvalue weighted by molar-refractivity contribution is 0.0762. The van der Waals surface area contributed by atoms with E-state index in [9.17, 15) is 9.90 Å². The van der Waals surface area contributed by atoms with Crippen molar-refractivity contribution in [3.8, 4) is 0 Å². The first kappa shape index (κ1) is 17.2. The third-order valence-corrected chi connectivity index (χ3v) is 5.08. The molecule has 2 saturated heterocycles. The predicted molar refractivity (Wildman–Crippen MR) is 87.6 cm³/mol. The predicted octanol–water partition coefficient (Wildman–Crippen LogP) is 1.44. The summed E-state index contributed by atoms with van der Waals surface area (Å²) in [6, 6.07) is 2.36. The second-order valence-electron chi connectivity index (χ2n) is 6.84. The van der Waals surface area contributed by atoms with Crippen molar-refractivity contribution in [2.75, 3.05) is 32.8 Å². The van der Waals surface area contributed by atoms with Crippen LogP contribution in [0.5, 0.6) is 0 Å². The summed E-state index contributed by atoms with van der Waals surface area (Å²) in [7, 11) is 0. The molecule has 2 aliphatic rings.